The first-order chi connectivity index (χ1) is 17.8. The van der Waals surface area contributed by atoms with E-state index in [1.165, 1.54) is 39.9 Å². The van der Waals surface area contributed by atoms with Crippen LogP contribution in [0.2, 0.25) is 0 Å². The summed E-state index contributed by atoms with van der Waals surface area (Å²) in [4.78, 5) is 18.3. The number of aryl methyl sites for hydroxylation is 2. The molecule has 0 spiro atoms. The van der Waals surface area contributed by atoms with Crippen molar-refractivity contribution in [3.8, 4) is 0 Å². The van der Waals surface area contributed by atoms with Gasteiger partial charge in [0.05, 0.1) is 27.4 Å². The van der Waals surface area contributed by atoms with E-state index in [0.29, 0.717) is 35.8 Å². The van der Waals surface area contributed by atoms with Crippen molar-refractivity contribution in [2.45, 2.75) is 39.1 Å². The van der Waals surface area contributed by atoms with Gasteiger partial charge >= 0.3 is 0 Å². The molecule has 194 valence electrons. The first-order valence-corrected chi connectivity index (χ1v) is 14.5. The second kappa shape index (κ2) is 11.4. The summed E-state index contributed by atoms with van der Waals surface area (Å²) in [6.07, 6.45) is 0. The van der Waals surface area contributed by atoms with Crippen LogP contribution in [-0.2, 0) is 21.3 Å². The first-order valence-electron chi connectivity index (χ1n) is 12.2. The fraction of sp³-hybridized carbons (Fsp3) is 0.286. The molecule has 0 fully saturated rings. The third-order valence-corrected chi connectivity index (χ3v) is 8.94. The molecule has 0 radical (unpaired) electrons. The van der Waals surface area contributed by atoms with E-state index in [2.05, 4.69) is 24.0 Å². The minimum atomic E-state index is -3.78. The van der Waals surface area contributed by atoms with E-state index < -0.39 is 15.9 Å². The fourth-order valence-corrected chi connectivity index (χ4v) is 7.02. The summed E-state index contributed by atoms with van der Waals surface area (Å²) in [5.41, 5.74) is 4.22. The van der Waals surface area contributed by atoms with E-state index in [-0.39, 0.29) is 11.4 Å². The van der Waals surface area contributed by atoms with Crippen molar-refractivity contribution in [1.29, 1.82) is 0 Å². The van der Waals surface area contributed by atoms with Crippen LogP contribution < -0.4 is 9.11 Å². The number of anilines is 1. The zero-order valence-corrected chi connectivity index (χ0v) is 23.1. The predicted octanol–water partition coefficient (Wildman–Crippen LogP) is 5.31. The van der Waals surface area contributed by atoms with Crippen LogP contribution in [-0.4, -0.2) is 38.7 Å². The van der Waals surface area contributed by atoms with Crippen LogP contribution in [0.4, 0.5) is 5.69 Å². The van der Waals surface area contributed by atoms with E-state index in [1.54, 1.807) is 31.2 Å². The summed E-state index contributed by atoms with van der Waals surface area (Å²) in [6, 6.07) is 19.1. The Morgan fingerprint density at radius 3 is 2.38 bits per heavy atom. The number of hydrogen-bond donors (Lipinski definition) is 0. The lowest BCUT2D eigenvalue weighted by atomic mass is 10.1. The largest absolute Gasteiger partial charge is 0.380 e. The lowest BCUT2D eigenvalue weighted by Gasteiger charge is -2.22. The molecule has 0 unspecified atom stereocenters. The molecule has 0 atom stereocenters. The SMILES string of the molecule is CCOCCn1c(=NC(=O)c2ccc(S(=O)(=O)N(CC)c3ccccc3)cc2)sc2cc(C)cc(C)c21. The average Bonchev–Trinajstić information content (AvgIpc) is 3.22. The normalized spacial score (nSPS) is 12.3. The molecule has 37 heavy (non-hydrogen) atoms. The summed E-state index contributed by atoms with van der Waals surface area (Å²) in [6.45, 7) is 9.83. The summed E-state index contributed by atoms with van der Waals surface area (Å²) < 4.78 is 36.5. The number of amides is 1. The summed E-state index contributed by atoms with van der Waals surface area (Å²) in [5.74, 6) is -0.426. The maximum absolute atomic E-state index is 13.3. The highest BCUT2D eigenvalue weighted by atomic mass is 32.2. The maximum atomic E-state index is 13.3. The molecular formula is C28H31N3O4S2. The molecular weight excluding hydrogens is 506 g/mol. The topological polar surface area (TPSA) is 81.0 Å². The van der Waals surface area contributed by atoms with Crippen molar-refractivity contribution in [2.75, 3.05) is 24.1 Å². The highest BCUT2D eigenvalue weighted by molar-refractivity contribution is 7.92. The number of fused-ring (bicyclic) bond motifs is 1. The molecule has 0 aliphatic heterocycles. The average molecular weight is 538 g/mol. The molecule has 0 aliphatic rings. The maximum Gasteiger partial charge on any atom is 0.279 e. The van der Waals surface area contributed by atoms with Crippen molar-refractivity contribution in [1.82, 2.24) is 4.57 Å². The number of hydrogen-bond acceptors (Lipinski definition) is 5. The van der Waals surface area contributed by atoms with Gasteiger partial charge in [-0.2, -0.15) is 4.99 Å². The van der Waals surface area contributed by atoms with Gasteiger partial charge in [0, 0.05) is 25.3 Å². The van der Waals surface area contributed by atoms with Crippen LogP contribution in [0, 0.1) is 13.8 Å². The van der Waals surface area contributed by atoms with Gasteiger partial charge in [-0.3, -0.25) is 9.10 Å². The van der Waals surface area contributed by atoms with Gasteiger partial charge in [-0.1, -0.05) is 35.6 Å². The van der Waals surface area contributed by atoms with Gasteiger partial charge in [-0.05, 0) is 81.3 Å². The number of benzene rings is 3. The Labute approximate surface area is 221 Å². The molecule has 0 saturated heterocycles. The van der Waals surface area contributed by atoms with Crippen LogP contribution in [0.5, 0.6) is 0 Å². The molecule has 4 aromatic rings. The van der Waals surface area contributed by atoms with E-state index in [9.17, 15) is 13.2 Å². The second-order valence-electron chi connectivity index (χ2n) is 8.61. The lowest BCUT2D eigenvalue weighted by molar-refractivity contribution is 0.0996. The number of thiazole rings is 1. The van der Waals surface area contributed by atoms with Gasteiger partial charge in [0.15, 0.2) is 4.80 Å². The molecule has 3 aromatic carbocycles. The predicted molar refractivity (Wildman–Crippen MR) is 149 cm³/mol. The third-order valence-electron chi connectivity index (χ3n) is 5.99. The first kappa shape index (κ1) is 26.8. The van der Waals surface area contributed by atoms with Crippen LogP contribution in [0.3, 0.4) is 0 Å². The van der Waals surface area contributed by atoms with E-state index in [0.717, 1.165) is 21.3 Å². The monoisotopic (exact) mass is 537 g/mol. The molecule has 7 nitrogen and oxygen atoms in total. The molecule has 0 saturated carbocycles. The molecule has 9 heteroatoms. The Morgan fingerprint density at radius 2 is 1.73 bits per heavy atom. The number of carbonyl (C=O) groups is 1. The van der Waals surface area contributed by atoms with Gasteiger partial charge in [0.25, 0.3) is 15.9 Å². The Kier molecular flexibility index (Phi) is 8.26. The van der Waals surface area contributed by atoms with Crippen molar-refractivity contribution in [2.24, 2.45) is 4.99 Å². The van der Waals surface area contributed by atoms with Gasteiger partial charge in [0.2, 0.25) is 0 Å². The van der Waals surface area contributed by atoms with Gasteiger partial charge in [-0.15, -0.1) is 0 Å². The van der Waals surface area contributed by atoms with Crippen molar-refractivity contribution >= 4 is 43.2 Å². The van der Waals surface area contributed by atoms with E-state index in [4.69, 9.17) is 4.74 Å². The van der Waals surface area contributed by atoms with Gasteiger partial charge < -0.3 is 9.30 Å². The van der Waals surface area contributed by atoms with Crippen LogP contribution in [0.15, 0.2) is 76.6 Å². The van der Waals surface area contributed by atoms with Crippen LogP contribution in [0.1, 0.15) is 35.3 Å². The lowest BCUT2D eigenvalue weighted by Crippen LogP contribution is -2.30. The number of carbonyl (C=O) groups excluding carboxylic acids is 1. The minimum absolute atomic E-state index is 0.120. The molecule has 4 rings (SSSR count). The van der Waals surface area contributed by atoms with E-state index in [1.807, 2.05) is 24.5 Å². The number of sulfonamides is 1. The summed E-state index contributed by atoms with van der Waals surface area (Å²) in [5, 5.41) is 0. The quantitative estimate of drug-likeness (QED) is 0.271. The van der Waals surface area contributed by atoms with Crippen molar-refractivity contribution < 1.29 is 17.9 Å². The molecule has 1 aromatic heterocycles. The minimum Gasteiger partial charge on any atom is -0.380 e. The van der Waals surface area contributed by atoms with Crippen molar-refractivity contribution in [3.05, 3.63) is 88.2 Å². The number of aromatic nitrogens is 1. The molecule has 0 aliphatic carbocycles. The molecule has 1 amide bonds. The smallest absolute Gasteiger partial charge is 0.279 e. The molecule has 0 N–H and O–H groups in total. The Bertz CT molecular complexity index is 1570. The summed E-state index contributed by atoms with van der Waals surface area (Å²) >= 11 is 1.46. The fourth-order valence-electron chi connectivity index (χ4n) is 4.32. The number of ether oxygens (including phenoxy) is 1. The number of nitrogens with zero attached hydrogens (tertiary/aromatic N) is 3. The Balaban J connectivity index is 1.68. The summed E-state index contributed by atoms with van der Waals surface area (Å²) in [7, 11) is -3.78. The van der Waals surface area contributed by atoms with Gasteiger partial charge in [-0.25, -0.2) is 8.42 Å². The standard InChI is InChI=1S/C28H31N3O4S2/c1-5-31(23-10-8-7-9-11-23)37(33,34)24-14-12-22(13-15-24)27(32)29-28-30(16-17-35-6-2)26-21(4)18-20(3)19-25(26)36-28/h7-15,18-19H,5-6,16-17H2,1-4H3. The van der Waals surface area contributed by atoms with Crippen LogP contribution in [0.25, 0.3) is 10.2 Å². The number of para-hydroxylation sites is 1. The van der Waals surface area contributed by atoms with E-state index >= 15 is 0 Å². The Hall–Kier alpha value is -3.27. The zero-order valence-electron chi connectivity index (χ0n) is 21.5. The molecule has 1 heterocycles. The Morgan fingerprint density at radius 1 is 1.03 bits per heavy atom. The molecule has 0 bridgehead atoms. The van der Waals surface area contributed by atoms with Crippen molar-refractivity contribution in [3.63, 3.8) is 0 Å². The third kappa shape index (κ3) is 5.69. The number of rotatable bonds is 9. The second-order valence-corrected chi connectivity index (χ2v) is 11.5. The highest BCUT2D eigenvalue weighted by Crippen LogP contribution is 2.25. The van der Waals surface area contributed by atoms with Gasteiger partial charge in [0.1, 0.15) is 0 Å². The zero-order chi connectivity index (χ0) is 26.6. The highest BCUT2D eigenvalue weighted by Gasteiger charge is 2.23. The van der Waals surface area contributed by atoms with Crippen LogP contribution >= 0.6 is 11.3 Å².